The Hall–Kier alpha value is -2.96. The SMILES string of the molecule is COc1cc(OC)c(C(=O)OCCOc2ccccc2F)cc1OC. The number of rotatable bonds is 8. The van der Waals surface area contributed by atoms with Gasteiger partial charge in [0.15, 0.2) is 23.1 Å². The molecule has 0 aliphatic carbocycles. The van der Waals surface area contributed by atoms with Gasteiger partial charge in [-0.3, -0.25) is 0 Å². The lowest BCUT2D eigenvalue weighted by Gasteiger charge is -2.14. The predicted octanol–water partition coefficient (Wildman–Crippen LogP) is 3.09. The third-order valence-corrected chi connectivity index (χ3v) is 3.34. The molecule has 0 spiro atoms. The van der Waals surface area contributed by atoms with Crippen LogP contribution in [0.3, 0.4) is 0 Å². The van der Waals surface area contributed by atoms with Crippen LogP contribution in [-0.2, 0) is 4.74 Å². The number of halogens is 1. The monoisotopic (exact) mass is 350 g/mol. The Kier molecular flexibility index (Phi) is 6.45. The minimum atomic E-state index is -0.616. The zero-order chi connectivity index (χ0) is 18.2. The van der Waals surface area contributed by atoms with E-state index in [2.05, 4.69) is 0 Å². The molecule has 134 valence electrons. The highest BCUT2D eigenvalue weighted by Gasteiger charge is 2.19. The Morgan fingerprint density at radius 1 is 0.880 bits per heavy atom. The maximum absolute atomic E-state index is 13.4. The molecule has 0 fully saturated rings. The first kappa shape index (κ1) is 18.4. The van der Waals surface area contributed by atoms with Crippen LogP contribution in [0.15, 0.2) is 36.4 Å². The molecule has 0 bridgehead atoms. The van der Waals surface area contributed by atoms with Crippen LogP contribution in [0.5, 0.6) is 23.0 Å². The van der Waals surface area contributed by atoms with E-state index in [1.54, 1.807) is 12.1 Å². The van der Waals surface area contributed by atoms with Gasteiger partial charge in [0.1, 0.15) is 24.5 Å². The number of carbonyl (C=O) groups excluding carboxylic acids is 1. The molecule has 0 aromatic heterocycles. The van der Waals surface area contributed by atoms with E-state index in [0.29, 0.717) is 11.5 Å². The summed E-state index contributed by atoms with van der Waals surface area (Å²) in [7, 11) is 4.37. The smallest absolute Gasteiger partial charge is 0.342 e. The quantitative estimate of drug-likeness (QED) is 0.539. The fourth-order valence-electron chi connectivity index (χ4n) is 2.11. The zero-order valence-electron chi connectivity index (χ0n) is 14.2. The van der Waals surface area contributed by atoms with Crippen molar-refractivity contribution in [3.05, 3.63) is 47.8 Å². The lowest BCUT2D eigenvalue weighted by molar-refractivity contribution is 0.0444. The molecule has 0 aliphatic heterocycles. The molecule has 0 saturated heterocycles. The van der Waals surface area contributed by atoms with Gasteiger partial charge in [-0.15, -0.1) is 0 Å². The standard InChI is InChI=1S/C18H19FO6/c1-21-15-11-17(23-3)16(22-2)10-12(15)18(20)25-9-8-24-14-7-5-4-6-13(14)19/h4-7,10-11H,8-9H2,1-3H3. The van der Waals surface area contributed by atoms with Crippen molar-refractivity contribution >= 4 is 5.97 Å². The second-order valence-electron chi connectivity index (χ2n) is 4.82. The molecular formula is C18H19FO6. The first-order chi connectivity index (χ1) is 12.1. The fraction of sp³-hybridized carbons (Fsp3) is 0.278. The van der Waals surface area contributed by atoms with Gasteiger partial charge in [0.2, 0.25) is 0 Å². The van der Waals surface area contributed by atoms with Crippen LogP contribution in [0.25, 0.3) is 0 Å². The Labute approximate surface area is 145 Å². The average Bonchev–Trinajstić information content (AvgIpc) is 2.65. The Bertz CT molecular complexity index is 732. The second-order valence-corrected chi connectivity index (χ2v) is 4.82. The predicted molar refractivity (Wildman–Crippen MR) is 88.3 cm³/mol. The van der Waals surface area contributed by atoms with Crippen molar-refractivity contribution in [3.63, 3.8) is 0 Å². The van der Waals surface area contributed by atoms with Crippen LogP contribution >= 0.6 is 0 Å². The molecule has 2 rings (SSSR count). The van der Waals surface area contributed by atoms with Crippen LogP contribution in [-0.4, -0.2) is 40.5 Å². The van der Waals surface area contributed by atoms with Crippen molar-refractivity contribution in [2.45, 2.75) is 0 Å². The summed E-state index contributed by atoms with van der Waals surface area (Å²) in [5.74, 6) is 0.0990. The van der Waals surface area contributed by atoms with Gasteiger partial charge in [-0.25, -0.2) is 9.18 Å². The first-order valence-corrected chi connectivity index (χ1v) is 7.45. The molecule has 0 unspecified atom stereocenters. The van der Waals surface area contributed by atoms with Crippen LogP contribution in [0, 0.1) is 5.82 Å². The van der Waals surface area contributed by atoms with E-state index in [9.17, 15) is 9.18 Å². The van der Waals surface area contributed by atoms with Crippen molar-refractivity contribution in [2.75, 3.05) is 34.5 Å². The summed E-state index contributed by atoms with van der Waals surface area (Å²) in [6, 6.07) is 9.00. The van der Waals surface area contributed by atoms with Crippen molar-refractivity contribution < 1.29 is 32.9 Å². The van der Waals surface area contributed by atoms with Crippen LogP contribution in [0.1, 0.15) is 10.4 Å². The van der Waals surface area contributed by atoms with Gasteiger partial charge in [0.05, 0.1) is 21.3 Å². The van der Waals surface area contributed by atoms with Crippen molar-refractivity contribution in [1.29, 1.82) is 0 Å². The topological polar surface area (TPSA) is 63.2 Å². The first-order valence-electron chi connectivity index (χ1n) is 7.45. The highest BCUT2D eigenvalue weighted by atomic mass is 19.1. The molecule has 0 radical (unpaired) electrons. The zero-order valence-corrected chi connectivity index (χ0v) is 14.2. The molecule has 6 nitrogen and oxygen atoms in total. The van der Waals surface area contributed by atoms with Gasteiger partial charge in [0.25, 0.3) is 0 Å². The Morgan fingerprint density at radius 2 is 1.52 bits per heavy atom. The lowest BCUT2D eigenvalue weighted by Crippen LogP contribution is -2.14. The van der Waals surface area contributed by atoms with Crippen LogP contribution in [0.2, 0.25) is 0 Å². The number of methoxy groups -OCH3 is 3. The summed E-state index contributed by atoms with van der Waals surface area (Å²) in [4.78, 5) is 12.2. The number of ether oxygens (including phenoxy) is 5. The van der Waals surface area contributed by atoms with E-state index in [-0.39, 0.29) is 30.3 Å². The molecule has 0 saturated carbocycles. The summed E-state index contributed by atoms with van der Waals surface area (Å²) >= 11 is 0. The van der Waals surface area contributed by atoms with Gasteiger partial charge in [0, 0.05) is 12.1 Å². The molecule has 2 aromatic carbocycles. The molecule has 0 heterocycles. The number of carbonyl (C=O) groups is 1. The number of hydrogen-bond acceptors (Lipinski definition) is 6. The minimum Gasteiger partial charge on any atom is -0.496 e. The van der Waals surface area contributed by atoms with E-state index >= 15 is 0 Å². The van der Waals surface area contributed by atoms with E-state index in [0.717, 1.165) is 0 Å². The van der Waals surface area contributed by atoms with Crippen molar-refractivity contribution in [2.24, 2.45) is 0 Å². The molecule has 2 aromatic rings. The fourth-order valence-corrected chi connectivity index (χ4v) is 2.11. The molecule has 0 atom stereocenters. The van der Waals surface area contributed by atoms with Crippen molar-refractivity contribution in [3.8, 4) is 23.0 Å². The summed E-state index contributed by atoms with van der Waals surface area (Å²) in [6.45, 7) is -0.0348. The van der Waals surface area contributed by atoms with Gasteiger partial charge < -0.3 is 23.7 Å². The largest absolute Gasteiger partial charge is 0.496 e. The molecule has 0 N–H and O–H groups in total. The van der Waals surface area contributed by atoms with Gasteiger partial charge >= 0.3 is 5.97 Å². The average molecular weight is 350 g/mol. The van der Waals surface area contributed by atoms with Crippen LogP contribution in [0.4, 0.5) is 4.39 Å². The molecule has 0 aliphatic rings. The summed E-state index contributed by atoms with van der Waals surface area (Å²) in [6.07, 6.45) is 0. The highest BCUT2D eigenvalue weighted by Crippen LogP contribution is 2.34. The normalized spacial score (nSPS) is 10.1. The maximum Gasteiger partial charge on any atom is 0.342 e. The van der Waals surface area contributed by atoms with Gasteiger partial charge in [-0.2, -0.15) is 0 Å². The van der Waals surface area contributed by atoms with E-state index < -0.39 is 11.8 Å². The molecule has 0 amide bonds. The van der Waals surface area contributed by atoms with E-state index in [4.69, 9.17) is 23.7 Å². The lowest BCUT2D eigenvalue weighted by atomic mass is 10.1. The molecular weight excluding hydrogens is 331 g/mol. The van der Waals surface area contributed by atoms with Crippen molar-refractivity contribution in [1.82, 2.24) is 0 Å². The molecule has 25 heavy (non-hydrogen) atoms. The summed E-state index contributed by atoms with van der Waals surface area (Å²) in [5.41, 5.74) is 0.186. The van der Waals surface area contributed by atoms with Crippen LogP contribution < -0.4 is 18.9 Å². The van der Waals surface area contributed by atoms with E-state index in [1.165, 1.54) is 45.6 Å². The number of hydrogen-bond donors (Lipinski definition) is 0. The number of benzene rings is 2. The summed E-state index contributed by atoms with van der Waals surface area (Å²) < 4.78 is 39.3. The highest BCUT2D eigenvalue weighted by molar-refractivity contribution is 5.93. The summed E-state index contributed by atoms with van der Waals surface area (Å²) in [5, 5.41) is 0. The van der Waals surface area contributed by atoms with Gasteiger partial charge in [-0.05, 0) is 12.1 Å². The third kappa shape index (κ3) is 4.53. The molecule has 7 heteroatoms. The Morgan fingerprint density at radius 3 is 2.16 bits per heavy atom. The Balaban J connectivity index is 1.99. The van der Waals surface area contributed by atoms with E-state index in [1.807, 2.05) is 0 Å². The number of para-hydroxylation sites is 1. The minimum absolute atomic E-state index is 0.0161. The third-order valence-electron chi connectivity index (χ3n) is 3.34. The number of esters is 1. The maximum atomic E-state index is 13.4. The van der Waals surface area contributed by atoms with Gasteiger partial charge in [-0.1, -0.05) is 12.1 Å². The second kappa shape index (κ2) is 8.77.